The highest BCUT2D eigenvalue weighted by Gasteiger charge is 2.09. The van der Waals surface area contributed by atoms with E-state index < -0.39 is 0 Å². The molecule has 20 heavy (non-hydrogen) atoms. The molecular weight excluding hydrogens is 248 g/mol. The van der Waals surface area contributed by atoms with E-state index in [-0.39, 0.29) is 0 Å². The lowest BCUT2D eigenvalue weighted by Gasteiger charge is -2.04. The van der Waals surface area contributed by atoms with Gasteiger partial charge < -0.3 is 0 Å². The number of benzene rings is 2. The Bertz CT molecular complexity index is 848. The number of hydrogen-bond acceptors (Lipinski definition) is 3. The molecule has 94 valence electrons. The third-order valence-electron chi connectivity index (χ3n) is 3.20. The minimum absolute atomic E-state index is 0.384. The molecule has 0 saturated carbocycles. The first-order valence-corrected chi connectivity index (χ1v) is 6.15. The van der Waals surface area contributed by atoms with Gasteiger partial charge in [-0.1, -0.05) is 30.3 Å². The number of aromatic nitrogens is 2. The van der Waals surface area contributed by atoms with Crippen LogP contribution in [0, 0.1) is 22.7 Å². The summed E-state index contributed by atoms with van der Waals surface area (Å²) in [5.74, 6) is 0. The van der Waals surface area contributed by atoms with Crippen LogP contribution in [0.15, 0.2) is 48.7 Å². The molecule has 0 fully saturated rings. The van der Waals surface area contributed by atoms with E-state index in [1.807, 2.05) is 41.1 Å². The molecule has 0 amide bonds. The zero-order valence-electron chi connectivity index (χ0n) is 10.6. The molecule has 0 aliphatic heterocycles. The Morgan fingerprint density at radius 1 is 1.00 bits per heavy atom. The SMILES string of the molecule is N#Cc1cc2cnn(Cc3ccccc3)c2cc1C#N. The lowest BCUT2D eigenvalue weighted by atomic mass is 10.1. The molecule has 0 spiro atoms. The smallest absolute Gasteiger partial charge is 0.101 e. The van der Waals surface area contributed by atoms with Gasteiger partial charge in [-0.05, 0) is 17.7 Å². The summed E-state index contributed by atoms with van der Waals surface area (Å²) in [6.45, 7) is 0.640. The van der Waals surface area contributed by atoms with Crippen LogP contribution in [0.5, 0.6) is 0 Å². The van der Waals surface area contributed by atoms with Gasteiger partial charge >= 0.3 is 0 Å². The summed E-state index contributed by atoms with van der Waals surface area (Å²) < 4.78 is 1.84. The number of rotatable bonds is 2. The van der Waals surface area contributed by atoms with Crippen LogP contribution in [0.25, 0.3) is 10.9 Å². The van der Waals surface area contributed by atoms with Crippen LogP contribution in [0.3, 0.4) is 0 Å². The minimum atomic E-state index is 0.384. The van der Waals surface area contributed by atoms with Crippen LogP contribution in [-0.4, -0.2) is 9.78 Å². The van der Waals surface area contributed by atoms with E-state index in [0.29, 0.717) is 17.7 Å². The van der Waals surface area contributed by atoms with Gasteiger partial charge in [0.05, 0.1) is 29.4 Å². The molecule has 4 nitrogen and oxygen atoms in total. The van der Waals surface area contributed by atoms with Crippen molar-refractivity contribution in [3.63, 3.8) is 0 Å². The van der Waals surface area contributed by atoms with Crippen molar-refractivity contribution < 1.29 is 0 Å². The Morgan fingerprint density at radius 3 is 2.40 bits per heavy atom. The average Bonchev–Trinajstić information content (AvgIpc) is 2.89. The summed E-state index contributed by atoms with van der Waals surface area (Å²) in [6.07, 6.45) is 1.72. The van der Waals surface area contributed by atoms with Gasteiger partial charge in [-0.3, -0.25) is 4.68 Å². The number of fused-ring (bicyclic) bond motifs is 1. The highest BCUT2D eigenvalue weighted by atomic mass is 15.3. The number of hydrogen-bond donors (Lipinski definition) is 0. The fourth-order valence-corrected chi connectivity index (χ4v) is 2.19. The van der Waals surface area contributed by atoms with Gasteiger partial charge in [0.2, 0.25) is 0 Å². The molecule has 1 aromatic heterocycles. The topological polar surface area (TPSA) is 65.4 Å². The van der Waals surface area contributed by atoms with Crippen molar-refractivity contribution in [2.75, 3.05) is 0 Å². The second-order valence-electron chi connectivity index (χ2n) is 4.47. The predicted octanol–water partition coefficient (Wildman–Crippen LogP) is 2.83. The van der Waals surface area contributed by atoms with Crippen molar-refractivity contribution in [2.24, 2.45) is 0 Å². The second kappa shape index (κ2) is 4.87. The highest BCUT2D eigenvalue weighted by molar-refractivity contribution is 5.82. The monoisotopic (exact) mass is 258 g/mol. The molecule has 1 heterocycles. The summed E-state index contributed by atoms with van der Waals surface area (Å²) in [7, 11) is 0. The molecule has 0 aliphatic rings. The largest absolute Gasteiger partial charge is 0.260 e. The third-order valence-corrected chi connectivity index (χ3v) is 3.20. The lowest BCUT2D eigenvalue weighted by Crippen LogP contribution is -2.01. The summed E-state index contributed by atoms with van der Waals surface area (Å²) in [5, 5.41) is 23.3. The van der Waals surface area contributed by atoms with Gasteiger partial charge in [-0.25, -0.2) is 0 Å². The maximum absolute atomic E-state index is 9.10. The van der Waals surface area contributed by atoms with Crippen LogP contribution in [0.2, 0.25) is 0 Å². The summed E-state index contributed by atoms with van der Waals surface area (Å²) >= 11 is 0. The molecule has 0 radical (unpaired) electrons. The predicted molar refractivity (Wildman–Crippen MR) is 74.7 cm³/mol. The fourth-order valence-electron chi connectivity index (χ4n) is 2.19. The Hall–Kier alpha value is -3.11. The van der Waals surface area contributed by atoms with E-state index in [0.717, 1.165) is 16.5 Å². The molecular formula is C16H10N4. The zero-order chi connectivity index (χ0) is 13.9. The Morgan fingerprint density at radius 2 is 1.70 bits per heavy atom. The van der Waals surface area contributed by atoms with Crippen molar-refractivity contribution >= 4 is 10.9 Å². The van der Waals surface area contributed by atoms with Crippen LogP contribution < -0.4 is 0 Å². The Balaban J connectivity index is 2.10. The number of nitriles is 2. The minimum Gasteiger partial charge on any atom is -0.260 e. The average molecular weight is 258 g/mol. The van der Waals surface area contributed by atoms with Gasteiger partial charge in [-0.2, -0.15) is 15.6 Å². The lowest BCUT2D eigenvalue weighted by molar-refractivity contribution is 0.712. The van der Waals surface area contributed by atoms with Gasteiger partial charge in [0.15, 0.2) is 0 Å². The highest BCUT2D eigenvalue weighted by Crippen LogP contribution is 2.20. The Kier molecular flexibility index (Phi) is 2.91. The van der Waals surface area contributed by atoms with Crippen molar-refractivity contribution in [3.8, 4) is 12.1 Å². The molecule has 3 aromatic rings. The molecule has 4 heteroatoms. The molecule has 0 unspecified atom stereocenters. The van der Waals surface area contributed by atoms with Crippen molar-refractivity contribution in [1.29, 1.82) is 10.5 Å². The molecule has 0 atom stereocenters. The van der Waals surface area contributed by atoms with Crippen molar-refractivity contribution in [1.82, 2.24) is 9.78 Å². The molecule has 0 bridgehead atoms. The maximum atomic E-state index is 9.10. The van der Waals surface area contributed by atoms with Gasteiger partial charge in [-0.15, -0.1) is 0 Å². The van der Waals surface area contributed by atoms with Gasteiger partial charge in [0.25, 0.3) is 0 Å². The number of nitrogens with zero attached hydrogens (tertiary/aromatic N) is 4. The van der Waals surface area contributed by atoms with Crippen LogP contribution in [0.1, 0.15) is 16.7 Å². The molecule has 0 saturated heterocycles. The van der Waals surface area contributed by atoms with E-state index in [9.17, 15) is 0 Å². The van der Waals surface area contributed by atoms with E-state index in [1.54, 1.807) is 18.3 Å². The third kappa shape index (κ3) is 2.00. The summed E-state index contributed by atoms with van der Waals surface area (Å²) in [6, 6.07) is 17.5. The van der Waals surface area contributed by atoms with E-state index >= 15 is 0 Å². The molecule has 2 aromatic carbocycles. The van der Waals surface area contributed by atoms with E-state index in [4.69, 9.17) is 10.5 Å². The van der Waals surface area contributed by atoms with E-state index in [2.05, 4.69) is 11.2 Å². The maximum Gasteiger partial charge on any atom is 0.101 e. The first-order valence-electron chi connectivity index (χ1n) is 6.15. The fraction of sp³-hybridized carbons (Fsp3) is 0.0625. The van der Waals surface area contributed by atoms with Crippen LogP contribution >= 0.6 is 0 Å². The zero-order valence-corrected chi connectivity index (χ0v) is 10.6. The van der Waals surface area contributed by atoms with Crippen LogP contribution in [-0.2, 0) is 6.54 Å². The van der Waals surface area contributed by atoms with Crippen LogP contribution in [0.4, 0.5) is 0 Å². The quantitative estimate of drug-likeness (QED) is 0.709. The standard InChI is InChI=1S/C16H10N4/c17-8-13-6-15-10-19-20(16(15)7-14(13)9-18)11-12-4-2-1-3-5-12/h1-7,10H,11H2. The van der Waals surface area contributed by atoms with E-state index in [1.165, 1.54) is 0 Å². The first-order chi connectivity index (χ1) is 9.81. The first kappa shape index (κ1) is 12.0. The van der Waals surface area contributed by atoms with Gasteiger partial charge in [0.1, 0.15) is 12.1 Å². The van der Waals surface area contributed by atoms with Crippen molar-refractivity contribution in [2.45, 2.75) is 6.54 Å². The molecule has 0 N–H and O–H groups in total. The summed E-state index contributed by atoms with van der Waals surface area (Å²) in [4.78, 5) is 0. The second-order valence-corrected chi connectivity index (χ2v) is 4.47. The molecule has 0 aliphatic carbocycles. The van der Waals surface area contributed by atoms with Crippen molar-refractivity contribution in [3.05, 3.63) is 65.4 Å². The molecule has 3 rings (SSSR count). The normalized spacial score (nSPS) is 10.1. The summed E-state index contributed by atoms with van der Waals surface area (Å²) in [5.41, 5.74) is 2.78. The Labute approximate surface area is 116 Å². The van der Waals surface area contributed by atoms with Gasteiger partial charge in [0, 0.05) is 5.39 Å².